The van der Waals surface area contributed by atoms with Gasteiger partial charge in [-0.1, -0.05) is 31.7 Å². The number of aryl methyl sites for hydroxylation is 1. The van der Waals surface area contributed by atoms with E-state index in [0.717, 1.165) is 24.0 Å². The molecule has 112 valence electrons. The largest absolute Gasteiger partial charge is 0.376 e. The van der Waals surface area contributed by atoms with E-state index in [1.54, 1.807) is 13.2 Å². The van der Waals surface area contributed by atoms with Crippen LogP contribution in [0.15, 0.2) is 18.2 Å². The zero-order valence-corrected chi connectivity index (χ0v) is 12.8. The smallest absolute Gasteiger partial charge is 0.123 e. The predicted octanol–water partition coefficient (Wildman–Crippen LogP) is 4.13. The second-order valence-corrected chi connectivity index (χ2v) is 5.91. The quantitative estimate of drug-likeness (QED) is 0.837. The molecule has 1 aromatic carbocycles. The topological polar surface area (TPSA) is 21.3 Å². The van der Waals surface area contributed by atoms with Gasteiger partial charge in [-0.05, 0) is 50.1 Å². The summed E-state index contributed by atoms with van der Waals surface area (Å²) in [6.07, 6.45) is 6.96. The number of hydrogen-bond donors (Lipinski definition) is 1. The fourth-order valence-corrected chi connectivity index (χ4v) is 3.56. The average Bonchev–Trinajstić information content (AvgIpc) is 2.70. The van der Waals surface area contributed by atoms with Gasteiger partial charge in [0.05, 0.1) is 11.6 Å². The summed E-state index contributed by atoms with van der Waals surface area (Å²) in [4.78, 5) is 0. The molecule has 20 heavy (non-hydrogen) atoms. The summed E-state index contributed by atoms with van der Waals surface area (Å²) >= 11 is 0. The van der Waals surface area contributed by atoms with E-state index in [2.05, 4.69) is 5.32 Å². The number of rotatable bonds is 4. The Morgan fingerprint density at radius 2 is 1.85 bits per heavy atom. The third-order valence-electron chi connectivity index (χ3n) is 4.72. The number of halogens is 1. The van der Waals surface area contributed by atoms with Crippen LogP contribution in [0.5, 0.6) is 0 Å². The monoisotopic (exact) mass is 279 g/mol. The summed E-state index contributed by atoms with van der Waals surface area (Å²) in [5, 5.41) is 3.38. The van der Waals surface area contributed by atoms with Crippen molar-refractivity contribution in [3.8, 4) is 0 Å². The molecule has 0 spiro atoms. The Hall–Kier alpha value is -0.930. The van der Waals surface area contributed by atoms with Crippen molar-refractivity contribution in [1.82, 2.24) is 5.32 Å². The van der Waals surface area contributed by atoms with Crippen molar-refractivity contribution in [2.45, 2.75) is 57.1 Å². The van der Waals surface area contributed by atoms with Gasteiger partial charge in [0, 0.05) is 7.11 Å². The van der Waals surface area contributed by atoms with Crippen LogP contribution >= 0.6 is 0 Å². The number of likely N-dealkylation sites (N-methyl/N-ethyl adjacent to an activating group) is 1. The highest BCUT2D eigenvalue weighted by molar-refractivity contribution is 5.32. The Morgan fingerprint density at radius 3 is 2.40 bits per heavy atom. The molecule has 1 saturated carbocycles. The molecule has 0 radical (unpaired) electrons. The van der Waals surface area contributed by atoms with Crippen LogP contribution in [0.2, 0.25) is 0 Å². The summed E-state index contributed by atoms with van der Waals surface area (Å²) in [6.45, 7) is 2.04. The normalized spacial score (nSPS) is 20.4. The molecule has 0 aromatic heterocycles. The Kier molecular flexibility index (Phi) is 5.17. The van der Waals surface area contributed by atoms with Crippen LogP contribution in [0.3, 0.4) is 0 Å². The molecular weight excluding hydrogens is 253 g/mol. The molecule has 2 rings (SSSR count). The molecule has 0 amide bonds. The number of methoxy groups -OCH3 is 1. The number of ether oxygens (including phenoxy) is 1. The molecule has 1 fully saturated rings. The summed E-state index contributed by atoms with van der Waals surface area (Å²) in [7, 11) is 3.74. The summed E-state index contributed by atoms with van der Waals surface area (Å²) in [5.41, 5.74) is 1.92. The van der Waals surface area contributed by atoms with E-state index in [9.17, 15) is 4.39 Å². The van der Waals surface area contributed by atoms with Gasteiger partial charge in [-0.25, -0.2) is 4.39 Å². The first-order valence-corrected chi connectivity index (χ1v) is 7.61. The van der Waals surface area contributed by atoms with Crippen molar-refractivity contribution in [3.05, 3.63) is 35.1 Å². The first kappa shape index (κ1) is 15.5. The molecule has 1 unspecified atom stereocenters. The lowest BCUT2D eigenvalue weighted by atomic mass is 9.81. The standard InChI is InChI=1S/C17H26FNO/c1-13-8-9-14(18)12-15(13)16(19-2)17(20-3)10-6-4-5-7-11-17/h8-9,12,16,19H,4-7,10-11H2,1-3H3. The lowest BCUT2D eigenvalue weighted by molar-refractivity contribution is -0.0524. The van der Waals surface area contributed by atoms with Gasteiger partial charge in [-0.15, -0.1) is 0 Å². The molecule has 1 aromatic rings. The maximum Gasteiger partial charge on any atom is 0.123 e. The van der Waals surface area contributed by atoms with Gasteiger partial charge in [0.25, 0.3) is 0 Å². The minimum atomic E-state index is -0.218. The van der Waals surface area contributed by atoms with Crippen molar-refractivity contribution in [1.29, 1.82) is 0 Å². The van der Waals surface area contributed by atoms with Crippen molar-refractivity contribution in [2.75, 3.05) is 14.2 Å². The zero-order chi connectivity index (χ0) is 14.6. The molecular formula is C17H26FNO. The number of hydrogen-bond acceptors (Lipinski definition) is 2. The second-order valence-electron chi connectivity index (χ2n) is 5.91. The highest BCUT2D eigenvalue weighted by Crippen LogP contribution is 2.41. The predicted molar refractivity (Wildman–Crippen MR) is 80.4 cm³/mol. The molecule has 1 aliphatic carbocycles. The molecule has 0 bridgehead atoms. The van der Waals surface area contributed by atoms with E-state index in [1.807, 2.05) is 20.0 Å². The molecule has 0 aliphatic heterocycles. The highest BCUT2D eigenvalue weighted by atomic mass is 19.1. The first-order valence-electron chi connectivity index (χ1n) is 7.61. The molecule has 1 N–H and O–H groups in total. The minimum absolute atomic E-state index is 0.0429. The molecule has 3 heteroatoms. The van der Waals surface area contributed by atoms with Gasteiger partial charge in [-0.2, -0.15) is 0 Å². The van der Waals surface area contributed by atoms with Crippen molar-refractivity contribution >= 4 is 0 Å². The van der Waals surface area contributed by atoms with Crippen LogP contribution in [-0.2, 0) is 4.74 Å². The van der Waals surface area contributed by atoms with E-state index in [1.165, 1.54) is 31.7 Å². The SMILES string of the molecule is CNC(c1cc(F)ccc1C)C1(OC)CCCCCC1. The van der Waals surface area contributed by atoms with Gasteiger partial charge in [-0.3, -0.25) is 0 Å². The van der Waals surface area contributed by atoms with Crippen LogP contribution in [0, 0.1) is 12.7 Å². The Labute approximate surface area is 121 Å². The minimum Gasteiger partial charge on any atom is -0.376 e. The van der Waals surface area contributed by atoms with Gasteiger partial charge in [0.2, 0.25) is 0 Å². The third kappa shape index (κ3) is 3.04. The van der Waals surface area contributed by atoms with Crippen LogP contribution < -0.4 is 5.32 Å². The average molecular weight is 279 g/mol. The third-order valence-corrected chi connectivity index (χ3v) is 4.72. The Morgan fingerprint density at radius 1 is 1.20 bits per heavy atom. The second kappa shape index (κ2) is 6.68. The van der Waals surface area contributed by atoms with Crippen LogP contribution in [0.1, 0.15) is 55.7 Å². The van der Waals surface area contributed by atoms with E-state index >= 15 is 0 Å². The van der Waals surface area contributed by atoms with Crippen LogP contribution in [0.25, 0.3) is 0 Å². The van der Waals surface area contributed by atoms with Crippen molar-refractivity contribution in [3.63, 3.8) is 0 Å². The van der Waals surface area contributed by atoms with E-state index < -0.39 is 0 Å². The van der Waals surface area contributed by atoms with Gasteiger partial charge < -0.3 is 10.1 Å². The van der Waals surface area contributed by atoms with E-state index in [-0.39, 0.29) is 17.5 Å². The van der Waals surface area contributed by atoms with Gasteiger partial charge >= 0.3 is 0 Å². The zero-order valence-electron chi connectivity index (χ0n) is 12.8. The summed E-state index contributed by atoms with van der Waals surface area (Å²) in [6, 6.07) is 5.08. The number of nitrogens with one attached hydrogen (secondary N) is 1. The van der Waals surface area contributed by atoms with Gasteiger partial charge in [0.15, 0.2) is 0 Å². The molecule has 0 heterocycles. The lowest BCUT2D eigenvalue weighted by Crippen LogP contribution is -2.44. The fourth-order valence-electron chi connectivity index (χ4n) is 3.56. The van der Waals surface area contributed by atoms with Crippen molar-refractivity contribution < 1.29 is 9.13 Å². The summed E-state index contributed by atoms with van der Waals surface area (Å²) < 4.78 is 19.6. The highest BCUT2D eigenvalue weighted by Gasteiger charge is 2.40. The molecule has 0 saturated heterocycles. The number of benzene rings is 1. The summed E-state index contributed by atoms with van der Waals surface area (Å²) in [5.74, 6) is -0.175. The molecule has 1 aliphatic rings. The fraction of sp³-hybridized carbons (Fsp3) is 0.647. The van der Waals surface area contributed by atoms with E-state index in [4.69, 9.17) is 4.74 Å². The lowest BCUT2D eigenvalue weighted by Gasteiger charge is -2.40. The van der Waals surface area contributed by atoms with Crippen LogP contribution in [0.4, 0.5) is 4.39 Å². The maximum absolute atomic E-state index is 13.7. The Balaban J connectivity index is 2.40. The van der Waals surface area contributed by atoms with Crippen molar-refractivity contribution in [2.24, 2.45) is 0 Å². The molecule has 2 nitrogen and oxygen atoms in total. The molecule has 1 atom stereocenters. The first-order chi connectivity index (χ1) is 9.63. The van der Waals surface area contributed by atoms with Crippen LogP contribution in [-0.4, -0.2) is 19.8 Å². The maximum atomic E-state index is 13.7. The van der Waals surface area contributed by atoms with Gasteiger partial charge in [0.1, 0.15) is 5.82 Å². The Bertz CT molecular complexity index is 439. The van der Waals surface area contributed by atoms with E-state index in [0.29, 0.717) is 0 Å².